The largest absolute Gasteiger partial charge is 0.368 e. The SMILES string of the molecule is Cn1c(=O)n(CC(C)(C)C)c2ccc(-c3cccc(N4CCN(C(=O)c5csnn5)CC4)c3)nc21. The summed E-state index contributed by atoms with van der Waals surface area (Å²) in [5.74, 6) is -0.0614. The number of anilines is 1. The maximum atomic E-state index is 12.9. The molecule has 5 rings (SSSR count). The van der Waals surface area contributed by atoms with Crippen molar-refractivity contribution in [1.82, 2.24) is 28.6 Å². The molecule has 1 fully saturated rings. The summed E-state index contributed by atoms with van der Waals surface area (Å²) in [7, 11) is 1.78. The minimum absolute atomic E-state index is 0.0170. The fourth-order valence-corrected chi connectivity index (χ4v) is 4.94. The lowest BCUT2D eigenvalue weighted by Crippen LogP contribution is -2.48. The van der Waals surface area contributed by atoms with Gasteiger partial charge in [0.25, 0.3) is 5.91 Å². The first-order valence-corrected chi connectivity index (χ1v) is 12.5. The van der Waals surface area contributed by atoms with Crippen LogP contribution in [0.1, 0.15) is 31.3 Å². The number of rotatable bonds is 4. The van der Waals surface area contributed by atoms with Crippen LogP contribution < -0.4 is 10.6 Å². The lowest BCUT2D eigenvalue weighted by molar-refractivity contribution is 0.0741. The molecule has 4 aromatic rings. The highest BCUT2D eigenvalue weighted by molar-refractivity contribution is 7.03. The molecule has 0 N–H and O–H groups in total. The number of aryl methyl sites for hydroxylation is 1. The van der Waals surface area contributed by atoms with E-state index in [2.05, 4.69) is 47.4 Å². The first-order chi connectivity index (χ1) is 16.7. The third-order valence-corrected chi connectivity index (χ3v) is 6.77. The lowest BCUT2D eigenvalue weighted by Gasteiger charge is -2.36. The second-order valence-electron chi connectivity index (χ2n) is 10.1. The van der Waals surface area contributed by atoms with E-state index < -0.39 is 0 Å². The second-order valence-corrected chi connectivity index (χ2v) is 10.8. The zero-order valence-corrected chi connectivity index (χ0v) is 21.2. The van der Waals surface area contributed by atoms with E-state index in [-0.39, 0.29) is 17.0 Å². The Bertz CT molecular complexity index is 1420. The minimum atomic E-state index is -0.0614. The number of carbonyl (C=O) groups is 1. The number of benzene rings is 1. The first-order valence-electron chi connectivity index (χ1n) is 11.7. The predicted molar refractivity (Wildman–Crippen MR) is 138 cm³/mol. The van der Waals surface area contributed by atoms with Gasteiger partial charge in [0.15, 0.2) is 11.3 Å². The van der Waals surface area contributed by atoms with Crippen LogP contribution in [0, 0.1) is 5.41 Å². The molecule has 0 aliphatic carbocycles. The molecule has 10 heteroatoms. The molecular weight excluding hydrogens is 462 g/mol. The summed E-state index contributed by atoms with van der Waals surface area (Å²) >= 11 is 1.19. The van der Waals surface area contributed by atoms with Crippen LogP contribution in [0.15, 0.2) is 46.6 Å². The van der Waals surface area contributed by atoms with Crippen LogP contribution in [-0.2, 0) is 13.6 Å². The Hall–Kier alpha value is -3.53. The fourth-order valence-electron chi connectivity index (χ4n) is 4.51. The molecule has 0 spiro atoms. The molecule has 0 atom stereocenters. The quantitative estimate of drug-likeness (QED) is 0.435. The Morgan fingerprint density at radius 2 is 1.86 bits per heavy atom. The summed E-state index contributed by atoms with van der Waals surface area (Å²) < 4.78 is 7.23. The van der Waals surface area contributed by atoms with Gasteiger partial charge in [-0.2, -0.15) is 0 Å². The van der Waals surface area contributed by atoms with Gasteiger partial charge in [0.2, 0.25) is 0 Å². The molecular formula is C25H29N7O2S. The van der Waals surface area contributed by atoms with Gasteiger partial charge in [-0.15, -0.1) is 5.10 Å². The van der Waals surface area contributed by atoms with Crippen LogP contribution in [0.25, 0.3) is 22.4 Å². The number of hydrogen-bond donors (Lipinski definition) is 0. The van der Waals surface area contributed by atoms with E-state index in [9.17, 15) is 9.59 Å². The zero-order valence-electron chi connectivity index (χ0n) is 20.4. The summed E-state index contributed by atoms with van der Waals surface area (Å²) in [6, 6.07) is 12.3. The molecule has 182 valence electrons. The van der Waals surface area contributed by atoms with Crippen LogP contribution in [-0.4, -0.2) is 60.7 Å². The van der Waals surface area contributed by atoms with E-state index in [1.54, 1.807) is 17.0 Å². The Balaban J connectivity index is 1.37. The van der Waals surface area contributed by atoms with Gasteiger partial charge in [-0.05, 0) is 41.2 Å². The number of aromatic nitrogens is 5. The highest BCUT2D eigenvalue weighted by Gasteiger charge is 2.24. The summed E-state index contributed by atoms with van der Waals surface area (Å²) in [6.45, 7) is 9.74. The summed E-state index contributed by atoms with van der Waals surface area (Å²) in [5, 5.41) is 5.59. The van der Waals surface area contributed by atoms with E-state index >= 15 is 0 Å². The maximum Gasteiger partial charge on any atom is 0.330 e. The maximum absolute atomic E-state index is 12.9. The van der Waals surface area contributed by atoms with E-state index in [4.69, 9.17) is 4.98 Å². The summed E-state index contributed by atoms with van der Waals surface area (Å²) in [5.41, 5.74) is 4.80. The molecule has 0 bridgehead atoms. The van der Waals surface area contributed by atoms with Gasteiger partial charge < -0.3 is 9.80 Å². The lowest BCUT2D eigenvalue weighted by atomic mass is 9.97. The van der Waals surface area contributed by atoms with E-state index in [0.717, 1.165) is 35.6 Å². The molecule has 1 amide bonds. The van der Waals surface area contributed by atoms with Crippen LogP contribution in [0.4, 0.5) is 5.69 Å². The molecule has 0 radical (unpaired) electrons. The Morgan fingerprint density at radius 3 is 2.54 bits per heavy atom. The zero-order chi connectivity index (χ0) is 24.7. The third-order valence-electron chi connectivity index (χ3n) is 6.27. The van der Waals surface area contributed by atoms with Crippen LogP contribution in [0.5, 0.6) is 0 Å². The van der Waals surface area contributed by atoms with Gasteiger partial charge >= 0.3 is 5.69 Å². The normalized spacial score (nSPS) is 14.6. The molecule has 3 aromatic heterocycles. The smallest absolute Gasteiger partial charge is 0.330 e. The molecule has 1 aliphatic heterocycles. The molecule has 4 heterocycles. The third kappa shape index (κ3) is 4.58. The van der Waals surface area contributed by atoms with Crippen molar-refractivity contribution in [2.45, 2.75) is 27.3 Å². The molecule has 0 saturated carbocycles. The van der Waals surface area contributed by atoms with E-state index in [1.165, 1.54) is 11.5 Å². The Kier molecular flexibility index (Phi) is 5.92. The average molecular weight is 492 g/mol. The number of carbonyl (C=O) groups excluding carboxylic acids is 1. The highest BCUT2D eigenvalue weighted by atomic mass is 32.1. The van der Waals surface area contributed by atoms with Crippen molar-refractivity contribution < 1.29 is 4.79 Å². The monoisotopic (exact) mass is 491 g/mol. The second kappa shape index (κ2) is 8.92. The van der Waals surface area contributed by atoms with E-state index in [0.29, 0.717) is 31.0 Å². The van der Waals surface area contributed by atoms with Crippen LogP contribution >= 0.6 is 11.5 Å². The van der Waals surface area contributed by atoms with Gasteiger partial charge in [0.05, 0.1) is 11.2 Å². The molecule has 35 heavy (non-hydrogen) atoms. The number of amides is 1. The van der Waals surface area contributed by atoms with Crippen molar-refractivity contribution in [2.24, 2.45) is 12.5 Å². The van der Waals surface area contributed by atoms with Crippen LogP contribution in [0.2, 0.25) is 0 Å². The van der Waals surface area contributed by atoms with Gasteiger partial charge in [0, 0.05) is 56.4 Å². The van der Waals surface area contributed by atoms with Crippen LogP contribution in [0.3, 0.4) is 0 Å². The number of fused-ring (bicyclic) bond motifs is 1. The van der Waals surface area contributed by atoms with Crippen molar-refractivity contribution in [2.75, 3.05) is 31.1 Å². The summed E-state index contributed by atoms with van der Waals surface area (Å²) in [4.78, 5) is 34.4. The van der Waals surface area contributed by atoms with Crippen molar-refractivity contribution in [1.29, 1.82) is 0 Å². The van der Waals surface area contributed by atoms with E-state index in [1.807, 2.05) is 33.7 Å². The Labute approximate surface area is 207 Å². The number of imidazole rings is 1. The Morgan fingerprint density at radius 1 is 1.09 bits per heavy atom. The van der Waals surface area contributed by atoms with Gasteiger partial charge in [0.1, 0.15) is 0 Å². The van der Waals surface area contributed by atoms with Crippen molar-refractivity contribution in [3.8, 4) is 11.3 Å². The molecule has 1 saturated heterocycles. The number of pyridine rings is 1. The molecule has 1 aromatic carbocycles. The molecule has 0 unspecified atom stereocenters. The molecule has 9 nitrogen and oxygen atoms in total. The minimum Gasteiger partial charge on any atom is -0.368 e. The van der Waals surface area contributed by atoms with Gasteiger partial charge in [-0.25, -0.2) is 9.78 Å². The fraction of sp³-hybridized carbons (Fsp3) is 0.400. The summed E-state index contributed by atoms with van der Waals surface area (Å²) in [6.07, 6.45) is 0. The number of hydrogen-bond acceptors (Lipinski definition) is 7. The van der Waals surface area contributed by atoms with Crippen molar-refractivity contribution in [3.63, 3.8) is 0 Å². The predicted octanol–water partition coefficient (Wildman–Crippen LogP) is 3.26. The average Bonchev–Trinajstić information content (AvgIpc) is 3.47. The van der Waals surface area contributed by atoms with Crippen molar-refractivity contribution in [3.05, 3.63) is 58.0 Å². The van der Waals surface area contributed by atoms with Gasteiger partial charge in [-0.1, -0.05) is 37.4 Å². The standard InChI is InChI=1S/C25H29N7O2S/c1-25(2,3)16-32-21-9-8-19(26-22(21)29(4)24(32)34)17-6-5-7-18(14-17)30-10-12-31(13-11-30)23(33)20-15-35-28-27-20/h5-9,14-15H,10-13,16H2,1-4H3. The number of nitrogens with zero attached hydrogens (tertiary/aromatic N) is 7. The molecule has 1 aliphatic rings. The first kappa shape index (κ1) is 23.2. The number of piperazine rings is 1. The van der Waals surface area contributed by atoms with Crippen molar-refractivity contribution >= 4 is 34.3 Å². The van der Waals surface area contributed by atoms with Gasteiger partial charge in [-0.3, -0.25) is 13.9 Å². The highest BCUT2D eigenvalue weighted by Crippen LogP contribution is 2.27. The topological polar surface area (TPSA) is 89.2 Å².